The van der Waals surface area contributed by atoms with Gasteiger partial charge in [-0.05, 0) is 37.1 Å². The summed E-state index contributed by atoms with van der Waals surface area (Å²) in [6, 6.07) is 7.36. The third-order valence-corrected chi connectivity index (χ3v) is 4.29. The maximum Gasteiger partial charge on any atom is 0.257 e. The van der Waals surface area contributed by atoms with E-state index in [2.05, 4.69) is 15.5 Å². The number of hydrogen-bond donors (Lipinski definition) is 2. The molecular weight excluding hydrogens is 292 g/mol. The largest absolute Gasteiger partial charge is 0.334 e. The predicted molar refractivity (Wildman–Crippen MR) is 87.5 cm³/mol. The summed E-state index contributed by atoms with van der Waals surface area (Å²) in [5, 5.41) is 6.91. The fourth-order valence-electron chi connectivity index (χ4n) is 2.76. The molecule has 0 bridgehead atoms. The maximum absolute atomic E-state index is 11.7. The van der Waals surface area contributed by atoms with Gasteiger partial charge in [-0.15, -0.1) is 0 Å². The van der Waals surface area contributed by atoms with E-state index < -0.39 is 5.54 Å². The Morgan fingerprint density at radius 3 is 2.52 bits per heavy atom. The lowest BCUT2D eigenvalue weighted by Crippen LogP contribution is -2.34. The number of rotatable bonds is 4. The average molecular weight is 314 g/mol. The summed E-state index contributed by atoms with van der Waals surface area (Å²) in [5.41, 5.74) is 7.46. The molecule has 1 amide bonds. The van der Waals surface area contributed by atoms with Gasteiger partial charge in [0.05, 0.1) is 5.54 Å². The Morgan fingerprint density at radius 2 is 1.91 bits per heavy atom. The molecule has 2 aromatic rings. The Balaban J connectivity index is 1.75. The Hall–Kier alpha value is -2.21. The van der Waals surface area contributed by atoms with Gasteiger partial charge in [-0.2, -0.15) is 4.98 Å². The molecule has 0 aliphatic heterocycles. The van der Waals surface area contributed by atoms with Crippen LogP contribution in [0, 0.1) is 5.92 Å². The van der Waals surface area contributed by atoms with Gasteiger partial charge >= 0.3 is 0 Å². The molecule has 1 aromatic carbocycles. The molecule has 1 fully saturated rings. The van der Waals surface area contributed by atoms with Crippen molar-refractivity contribution in [1.29, 1.82) is 0 Å². The molecular formula is C17H22N4O2. The van der Waals surface area contributed by atoms with Crippen molar-refractivity contribution in [2.75, 3.05) is 5.32 Å². The zero-order chi connectivity index (χ0) is 16.4. The molecule has 6 nitrogen and oxygen atoms in total. The van der Waals surface area contributed by atoms with E-state index in [1.807, 2.05) is 38.1 Å². The number of hydrogen-bond acceptors (Lipinski definition) is 5. The third-order valence-electron chi connectivity index (χ3n) is 4.29. The second kappa shape index (κ2) is 6.12. The van der Waals surface area contributed by atoms with Gasteiger partial charge in [0.15, 0.2) is 5.82 Å². The first-order valence-electron chi connectivity index (χ1n) is 8.02. The van der Waals surface area contributed by atoms with Gasteiger partial charge in [0.2, 0.25) is 5.91 Å². The zero-order valence-electron chi connectivity index (χ0n) is 13.5. The van der Waals surface area contributed by atoms with Crippen LogP contribution in [0.5, 0.6) is 0 Å². The molecule has 0 spiro atoms. The summed E-state index contributed by atoms with van der Waals surface area (Å²) < 4.78 is 5.36. The predicted octanol–water partition coefficient (Wildman–Crippen LogP) is 3.06. The lowest BCUT2D eigenvalue weighted by Gasteiger charge is -2.17. The Bertz CT molecular complexity index is 685. The van der Waals surface area contributed by atoms with E-state index in [1.54, 1.807) is 0 Å². The highest BCUT2D eigenvalue weighted by Gasteiger charge is 2.36. The topological polar surface area (TPSA) is 94.0 Å². The van der Waals surface area contributed by atoms with Crippen LogP contribution in [-0.4, -0.2) is 16.0 Å². The molecule has 0 atom stereocenters. The number of nitrogens with one attached hydrogen (secondary N) is 1. The lowest BCUT2D eigenvalue weighted by atomic mass is 9.99. The Labute approximate surface area is 135 Å². The molecule has 23 heavy (non-hydrogen) atoms. The van der Waals surface area contributed by atoms with Gasteiger partial charge in [-0.25, -0.2) is 0 Å². The number of aromatic nitrogens is 2. The van der Waals surface area contributed by atoms with Crippen molar-refractivity contribution >= 4 is 11.6 Å². The first-order valence-corrected chi connectivity index (χ1v) is 8.02. The number of carbonyl (C=O) groups is 1. The Morgan fingerprint density at radius 1 is 1.26 bits per heavy atom. The number of benzene rings is 1. The van der Waals surface area contributed by atoms with E-state index in [0.29, 0.717) is 11.7 Å². The van der Waals surface area contributed by atoms with Crippen LogP contribution in [0.2, 0.25) is 0 Å². The van der Waals surface area contributed by atoms with Gasteiger partial charge in [0, 0.05) is 17.2 Å². The summed E-state index contributed by atoms with van der Waals surface area (Å²) in [5.74, 6) is 0.977. The van der Waals surface area contributed by atoms with Crippen molar-refractivity contribution in [3.63, 3.8) is 0 Å². The van der Waals surface area contributed by atoms with Crippen molar-refractivity contribution < 1.29 is 9.32 Å². The highest BCUT2D eigenvalue weighted by Crippen LogP contribution is 2.35. The number of anilines is 1. The van der Waals surface area contributed by atoms with Crippen molar-refractivity contribution in [2.24, 2.45) is 11.7 Å². The summed E-state index contributed by atoms with van der Waals surface area (Å²) in [6.07, 6.45) is 3.99. The smallest absolute Gasteiger partial charge is 0.257 e. The molecule has 0 saturated heterocycles. The molecule has 3 N–H and O–H groups in total. The minimum atomic E-state index is -0.451. The molecule has 1 aromatic heterocycles. The summed E-state index contributed by atoms with van der Waals surface area (Å²) >= 11 is 0. The van der Waals surface area contributed by atoms with Gasteiger partial charge in [-0.1, -0.05) is 31.8 Å². The van der Waals surface area contributed by atoms with E-state index in [0.717, 1.165) is 36.9 Å². The maximum atomic E-state index is 11.7. The highest BCUT2D eigenvalue weighted by atomic mass is 16.5. The first-order chi connectivity index (χ1) is 11.0. The van der Waals surface area contributed by atoms with Crippen molar-refractivity contribution in [2.45, 2.75) is 45.1 Å². The van der Waals surface area contributed by atoms with Crippen LogP contribution in [0.4, 0.5) is 5.69 Å². The minimum absolute atomic E-state index is 0.0101. The van der Waals surface area contributed by atoms with Crippen molar-refractivity contribution in [3.8, 4) is 11.5 Å². The van der Waals surface area contributed by atoms with E-state index >= 15 is 0 Å². The monoisotopic (exact) mass is 314 g/mol. The third kappa shape index (κ3) is 3.27. The van der Waals surface area contributed by atoms with Crippen LogP contribution >= 0.6 is 0 Å². The van der Waals surface area contributed by atoms with Crippen LogP contribution in [-0.2, 0) is 10.3 Å². The molecule has 0 unspecified atom stereocenters. The molecule has 6 heteroatoms. The second-order valence-corrected chi connectivity index (χ2v) is 6.51. The van der Waals surface area contributed by atoms with Gasteiger partial charge < -0.3 is 15.6 Å². The molecule has 1 aliphatic carbocycles. The van der Waals surface area contributed by atoms with Crippen molar-refractivity contribution in [3.05, 3.63) is 30.1 Å². The standard InChI is InChI=1S/C17H22N4O2/c1-11(2)14(22)19-13-7-5-12(6-8-13)15-20-16(21-23-15)17(18)9-3-4-10-17/h5-8,11H,3-4,9-10,18H2,1-2H3,(H,19,22). The number of amides is 1. The molecule has 1 saturated carbocycles. The quantitative estimate of drug-likeness (QED) is 0.904. The fourth-order valence-corrected chi connectivity index (χ4v) is 2.76. The molecule has 0 radical (unpaired) electrons. The summed E-state index contributed by atoms with van der Waals surface area (Å²) in [4.78, 5) is 16.1. The molecule has 1 aliphatic rings. The van der Waals surface area contributed by atoms with Crippen LogP contribution in [0.15, 0.2) is 28.8 Å². The minimum Gasteiger partial charge on any atom is -0.334 e. The SMILES string of the molecule is CC(C)C(=O)Nc1ccc(-c2nc(C3(N)CCCC3)no2)cc1. The fraction of sp³-hybridized carbons (Fsp3) is 0.471. The van der Waals surface area contributed by atoms with Gasteiger partial charge in [0.25, 0.3) is 5.89 Å². The Kier molecular flexibility index (Phi) is 4.17. The number of nitrogens with two attached hydrogens (primary N) is 1. The highest BCUT2D eigenvalue weighted by molar-refractivity contribution is 5.92. The molecule has 1 heterocycles. The van der Waals surface area contributed by atoms with Crippen LogP contribution in [0.25, 0.3) is 11.5 Å². The van der Waals surface area contributed by atoms with Crippen LogP contribution < -0.4 is 11.1 Å². The molecule has 3 rings (SSSR count). The summed E-state index contributed by atoms with van der Waals surface area (Å²) in [6.45, 7) is 3.71. The van der Waals surface area contributed by atoms with E-state index in [9.17, 15) is 4.79 Å². The normalized spacial score (nSPS) is 16.7. The first kappa shape index (κ1) is 15.7. The van der Waals surface area contributed by atoms with E-state index in [-0.39, 0.29) is 11.8 Å². The second-order valence-electron chi connectivity index (χ2n) is 6.51. The number of carbonyl (C=O) groups excluding carboxylic acids is 1. The van der Waals surface area contributed by atoms with Crippen LogP contribution in [0.3, 0.4) is 0 Å². The van der Waals surface area contributed by atoms with Gasteiger partial charge in [0.1, 0.15) is 0 Å². The van der Waals surface area contributed by atoms with Gasteiger partial charge in [-0.3, -0.25) is 4.79 Å². The van der Waals surface area contributed by atoms with E-state index in [1.165, 1.54) is 0 Å². The average Bonchev–Trinajstić information content (AvgIpc) is 3.18. The number of nitrogens with zero attached hydrogens (tertiary/aromatic N) is 2. The zero-order valence-corrected chi connectivity index (χ0v) is 13.5. The van der Waals surface area contributed by atoms with Crippen LogP contribution in [0.1, 0.15) is 45.4 Å². The van der Waals surface area contributed by atoms with E-state index in [4.69, 9.17) is 10.3 Å². The van der Waals surface area contributed by atoms with Crippen molar-refractivity contribution in [1.82, 2.24) is 10.1 Å². The molecule has 122 valence electrons. The lowest BCUT2D eigenvalue weighted by molar-refractivity contribution is -0.118. The summed E-state index contributed by atoms with van der Waals surface area (Å²) in [7, 11) is 0.